The molecule has 0 amide bonds. The van der Waals surface area contributed by atoms with Gasteiger partial charge in [0.25, 0.3) is 0 Å². The Labute approximate surface area is 128 Å². The molecule has 0 fully saturated rings. The van der Waals surface area contributed by atoms with E-state index in [4.69, 9.17) is 18.0 Å². The van der Waals surface area contributed by atoms with Crippen molar-refractivity contribution >= 4 is 17.2 Å². The summed E-state index contributed by atoms with van der Waals surface area (Å²) in [6.45, 7) is 1.18. The predicted octanol–water partition coefficient (Wildman–Crippen LogP) is 3.23. The fraction of sp³-hybridized carbons (Fsp3) is 0.188. The Bertz CT molecular complexity index is 641. The molecule has 0 unspecified atom stereocenters. The highest BCUT2D eigenvalue weighted by atomic mass is 32.1. The Balaban J connectivity index is 2.07. The molecule has 0 heterocycles. The van der Waals surface area contributed by atoms with Gasteiger partial charge < -0.3 is 5.73 Å². The van der Waals surface area contributed by atoms with Gasteiger partial charge in [-0.15, -0.1) is 0 Å². The molecule has 2 aromatic carbocycles. The van der Waals surface area contributed by atoms with Crippen molar-refractivity contribution in [2.45, 2.75) is 13.1 Å². The van der Waals surface area contributed by atoms with Crippen molar-refractivity contribution in [3.05, 3.63) is 70.8 Å². The maximum absolute atomic E-state index is 13.5. The maximum Gasteiger partial charge on any atom is 0.124 e. The first-order chi connectivity index (χ1) is 9.94. The van der Waals surface area contributed by atoms with Gasteiger partial charge in [-0.1, -0.05) is 24.4 Å². The Morgan fingerprint density at radius 3 is 2.24 bits per heavy atom. The lowest BCUT2D eigenvalue weighted by Gasteiger charge is -2.17. The SMILES string of the molecule is CN(Cc1ccc(F)cc1)Cc1cc(F)cc(C(N)=S)c1. The summed E-state index contributed by atoms with van der Waals surface area (Å²) in [6.07, 6.45) is 0. The first-order valence-electron chi connectivity index (χ1n) is 6.46. The second-order valence-corrected chi connectivity index (χ2v) is 5.45. The van der Waals surface area contributed by atoms with Crippen molar-refractivity contribution < 1.29 is 8.78 Å². The first kappa shape index (κ1) is 15.5. The maximum atomic E-state index is 13.5. The van der Waals surface area contributed by atoms with Gasteiger partial charge in [0.05, 0.1) is 0 Å². The van der Waals surface area contributed by atoms with Gasteiger partial charge >= 0.3 is 0 Å². The molecule has 2 aromatic rings. The molecule has 2 N–H and O–H groups in total. The minimum atomic E-state index is -0.356. The molecule has 5 heteroatoms. The lowest BCUT2D eigenvalue weighted by atomic mass is 10.1. The molecule has 21 heavy (non-hydrogen) atoms. The smallest absolute Gasteiger partial charge is 0.124 e. The van der Waals surface area contributed by atoms with Gasteiger partial charge in [0.2, 0.25) is 0 Å². The average molecular weight is 306 g/mol. The highest BCUT2D eigenvalue weighted by molar-refractivity contribution is 7.80. The number of nitrogens with zero attached hydrogens (tertiary/aromatic N) is 1. The lowest BCUT2D eigenvalue weighted by Crippen LogP contribution is -2.18. The van der Waals surface area contributed by atoms with Gasteiger partial charge in [0, 0.05) is 18.7 Å². The van der Waals surface area contributed by atoms with Crippen molar-refractivity contribution in [2.24, 2.45) is 5.73 Å². The highest BCUT2D eigenvalue weighted by Crippen LogP contribution is 2.13. The zero-order valence-electron chi connectivity index (χ0n) is 11.6. The van der Waals surface area contributed by atoms with Gasteiger partial charge in [-0.05, 0) is 48.5 Å². The van der Waals surface area contributed by atoms with Gasteiger partial charge in [0.1, 0.15) is 16.6 Å². The monoisotopic (exact) mass is 306 g/mol. The zero-order chi connectivity index (χ0) is 15.4. The Morgan fingerprint density at radius 2 is 1.62 bits per heavy atom. The van der Waals surface area contributed by atoms with Crippen LogP contribution < -0.4 is 5.73 Å². The van der Waals surface area contributed by atoms with Crippen molar-refractivity contribution in [1.29, 1.82) is 0 Å². The van der Waals surface area contributed by atoms with E-state index in [2.05, 4.69) is 0 Å². The topological polar surface area (TPSA) is 29.3 Å². The molecule has 0 aliphatic heterocycles. The van der Waals surface area contributed by atoms with E-state index in [-0.39, 0.29) is 16.6 Å². The third-order valence-electron chi connectivity index (χ3n) is 3.06. The van der Waals surface area contributed by atoms with E-state index in [0.717, 1.165) is 11.1 Å². The van der Waals surface area contributed by atoms with E-state index >= 15 is 0 Å². The fourth-order valence-corrected chi connectivity index (χ4v) is 2.27. The quantitative estimate of drug-likeness (QED) is 0.860. The molecule has 0 aliphatic carbocycles. The van der Waals surface area contributed by atoms with Crippen LogP contribution in [-0.2, 0) is 13.1 Å². The highest BCUT2D eigenvalue weighted by Gasteiger charge is 2.07. The van der Waals surface area contributed by atoms with Crippen LogP contribution in [0.3, 0.4) is 0 Å². The summed E-state index contributed by atoms with van der Waals surface area (Å²) in [6, 6.07) is 10.9. The van der Waals surface area contributed by atoms with Crippen LogP contribution in [0.2, 0.25) is 0 Å². The van der Waals surface area contributed by atoms with Crippen molar-refractivity contribution in [1.82, 2.24) is 4.90 Å². The largest absolute Gasteiger partial charge is 0.389 e. The van der Waals surface area contributed by atoms with Gasteiger partial charge in [0.15, 0.2) is 0 Å². The van der Waals surface area contributed by atoms with E-state index < -0.39 is 0 Å². The third kappa shape index (κ3) is 4.58. The average Bonchev–Trinajstić information content (AvgIpc) is 2.40. The molecular formula is C16H16F2N2S. The summed E-state index contributed by atoms with van der Waals surface area (Å²) in [5.74, 6) is -0.613. The summed E-state index contributed by atoms with van der Waals surface area (Å²) >= 11 is 4.87. The van der Waals surface area contributed by atoms with Gasteiger partial charge in [-0.2, -0.15) is 0 Å². The molecule has 0 bridgehead atoms. The molecule has 0 spiro atoms. The first-order valence-corrected chi connectivity index (χ1v) is 6.87. The Hall–Kier alpha value is -1.85. The summed E-state index contributed by atoms with van der Waals surface area (Å²) in [4.78, 5) is 2.18. The molecule has 0 aliphatic rings. The van der Waals surface area contributed by atoms with Crippen molar-refractivity contribution in [3.63, 3.8) is 0 Å². The second kappa shape index (κ2) is 6.74. The number of thiocarbonyl (C=S) groups is 1. The molecule has 0 aromatic heterocycles. The van der Waals surface area contributed by atoms with Crippen molar-refractivity contribution in [2.75, 3.05) is 7.05 Å². The summed E-state index contributed by atoms with van der Waals surface area (Å²) in [5, 5.41) is 0. The minimum Gasteiger partial charge on any atom is -0.389 e. The number of nitrogens with two attached hydrogens (primary N) is 1. The Morgan fingerprint density at radius 1 is 1.00 bits per heavy atom. The van der Waals surface area contributed by atoms with Crippen molar-refractivity contribution in [3.8, 4) is 0 Å². The van der Waals surface area contributed by atoms with Crippen LogP contribution in [0.4, 0.5) is 8.78 Å². The van der Waals surface area contributed by atoms with E-state index in [9.17, 15) is 8.78 Å². The van der Waals surface area contributed by atoms with Crippen LogP contribution in [0.25, 0.3) is 0 Å². The molecule has 2 nitrogen and oxygen atoms in total. The minimum absolute atomic E-state index is 0.178. The van der Waals surface area contributed by atoms with E-state index in [1.165, 1.54) is 24.3 Å². The lowest BCUT2D eigenvalue weighted by molar-refractivity contribution is 0.318. The number of halogens is 2. The van der Waals surface area contributed by atoms with E-state index in [0.29, 0.717) is 18.7 Å². The normalized spacial score (nSPS) is 10.9. The van der Waals surface area contributed by atoms with Crippen LogP contribution in [0.15, 0.2) is 42.5 Å². The van der Waals surface area contributed by atoms with Gasteiger partial charge in [-0.25, -0.2) is 8.78 Å². The molecular weight excluding hydrogens is 290 g/mol. The zero-order valence-corrected chi connectivity index (χ0v) is 12.5. The van der Waals surface area contributed by atoms with Crippen LogP contribution in [0.5, 0.6) is 0 Å². The Kier molecular flexibility index (Phi) is 4.98. The number of rotatable bonds is 5. The molecule has 0 saturated heterocycles. The molecule has 0 atom stereocenters. The standard InChI is InChI=1S/C16H16F2N2S/c1-20(9-11-2-4-14(17)5-3-11)10-12-6-13(16(19)21)8-15(18)7-12/h2-8H,9-10H2,1H3,(H2,19,21). The predicted molar refractivity (Wildman–Crippen MR) is 83.9 cm³/mol. The summed E-state index contributed by atoms with van der Waals surface area (Å²) < 4.78 is 26.4. The number of benzene rings is 2. The van der Waals surface area contributed by atoms with Crippen LogP contribution in [-0.4, -0.2) is 16.9 Å². The third-order valence-corrected chi connectivity index (χ3v) is 3.30. The molecule has 0 radical (unpaired) electrons. The number of hydrogen-bond donors (Lipinski definition) is 1. The molecule has 2 rings (SSSR count). The second-order valence-electron chi connectivity index (χ2n) is 5.01. The molecule has 0 saturated carbocycles. The summed E-state index contributed by atoms with van der Waals surface area (Å²) in [5.41, 5.74) is 7.84. The van der Waals surface area contributed by atoms with Crippen LogP contribution in [0, 0.1) is 11.6 Å². The van der Waals surface area contributed by atoms with E-state index in [1.807, 2.05) is 11.9 Å². The number of hydrogen-bond acceptors (Lipinski definition) is 2. The summed E-state index contributed by atoms with van der Waals surface area (Å²) in [7, 11) is 1.91. The van der Waals surface area contributed by atoms with E-state index in [1.54, 1.807) is 18.2 Å². The van der Waals surface area contributed by atoms with Gasteiger partial charge in [-0.3, -0.25) is 4.90 Å². The molecule has 110 valence electrons. The van der Waals surface area contributed by atoms with Crippen LogP contribution >= 0.6 is 12.2 Å². The fourth-order valence-electron chi connectivity index (χ4n) is 2.15. The van der Waals surface area contributed by atoms with Crippen LogP contribution in [0.1, 0.15) is 16.7 Å².